The number of carbonyl (C=O) groups excluding carboxylic acids is 1. The second-order valence-corrected chi connectivity index (χ2v) is 6.72. The Morgan fingerprint density at radius 1 is 1.32 bits per heavy atom. The molecule has 156 valence electrons. The summed E-state index contributed by atoms with van der Waals surface area (Å²) in [6.45, 7) is 6.31. The molecular weight excluding hydrogens is 384 g/mol. The third-order valence-electron chi connectivity index (χ3n) is 4.97. The summed E-state index contributed by atoms with van der Waals surface area (Å²) >= 11 is 0. The van der Waals surface area contributed by atoms with Gasteiger partial charge in [0.25, 0.3) is 5.91 Å². The lowest BCUT2D eigenvalue weighted by Gasteiger charge is -2.38. The predicted octanol–water partition coefficient (Wildman–Crippen LogP) is 2.02. The Kier molecular flexibility index (Phi) is 8.88. The number of ether oxygens (including phenoxy) is 1. The smallest absolute Gasteiger partial charge is 0.289 e. The van der Waals surface area contributed by atoms with Crippen LogP contribution in [0.25, 0.3) is 0 Å². The van der Waals surface area contributed by atoms with Crippen molar-refractivity contribution in [1.29, 1.82) is 0 Å². The monoisotopic (exact) mass is 412 g/mol. The van der Waals surface area contributed by atoms with Gasteiger partial charge in [-0.3, -0.25) is 9.69 Å². The third kappa shape index (κ3) is 5.30. The molecule has 1 aliphatic rings. The van der Waals surface area contributed by atoms with E-state index in [-0.39, 0.29) is 24.4 Å². The van der Waals surface area contributed by atoms with Crippen molar-refractivity contribution in [1.82, 2.24) is 30.0 Å². The van der Waals surface area contributed by atoms with Crippen LogP contribution in [0.4, 0.5) is 0 Å². The van der Waals surface area contributed by atoms with Crippen LogP contribution >= 0.6 is 12.4 Å². The lowest BCUT2D eigenvalue weighted by molar-refractivity contribution is 0.0510. The van der Waals surface area contributed by atoms with Crippen molar-refractivity contribution in [3.63, 3.8) is 0 Å². The van der Waals surface area contributed by atoms with Crippen LogP contribution in [0, 0.1) is 0 Å². The molecule has 2 aromatic rings. The molecule has 28 heavy (non-hydrogen) atoms. The Balaban J connectivity index is 0.00000280. The Labute approximate surface area is 171 Å². The molecule has 3 rings (SSSR count). The molecule has 10 heteroatoms. The van der Waals surface area contributed by atoms with E-state index in [2.05, 4.69) is 27.3 Å². The normalized spacial score (nSPS) is 16.0. The number of carbonyl (C=O) groups is 1. The van der Waals surface area contributed by atoms with Gasteiger partial charge < -0.3 is 14.1 Å². The molecule has 0 bridgehead atoms. The Morgan fingerprint density at radius 2 is 2.11 bits per heavy atom. The fraction of sp³-hybridized carbons (Fsp3) is 0.667. The summed E-state index contributed by atoms with van der Waals surface area (Å²) < 4.78 is 12.2. The quantitative estimate of drug-likeness (QED) is 0.622. The van der Waals surface area contributed by atoms with Crippen LogP contribution in [0.1, 0.15) is 48.6 Å². The van der Waals surface area contributed by atoms with Crippen LogP contribution in [0.2, 0.25) is 0 Å². The van der Waals surface area contributed by atoms with Gasteiger partial charge in [0.15, 0.2) is 11.6 Å². The van der Waals surface area contributed by atoms with E-state index < -0.39 is 0 Å². The van der Waals surface area contributed by atoms with E-state index in [1.807, 2.05) is 9.58 Å². The number of rotatable bonds is 9. The number of unbranched alkanes of at least 4 members (excludes halogenated alkanes) is 1. The van der Waals surface area contributed by atoms with Crippen molar-refractivity contribution in [3.8, 4) is 0 Å². The predicted molar refractivity (Wildman–Crippen MR) is 105 cm³/mol. The minimum Gasteiger partial charge on any atom is -0.459 e. The van der Waals surface area contributed by atoms with Crippen molar-refractivity contribution in [2.24, 2.45) is 0 Å². The first-order valence-corrected chi connectivity index (χ1v) is 9.56. The number of nitrogens with zero attached hydrogens (tertiary/aromatic N) is 6. The highest BCUT2D eigenvalue weighted by atomic mass is 35.5. The molecule has 0 N–H and O–H groups in total. The molecule has 1 amide bonds. The maximum absolute atomic E-state index is 12.5. The topological polar surface area (TPSA) is 89.5 Å². The van der Waals surface area contributed by atoms with Gasteiger partial charge in [-0.2, -0.15) is 0 Å². The van der Waals surface area contributed by atoms with Gasteiger partial charge in [0.1, 0.15) is 0 Å². The SMILES string of the molecule is CCCCC(c1nnnn1CCOC)N1CCN(C(=O)c2ccco2)CC1.Cl. The van der Waals surface area contributed by atoms with E-state index in [1.54, 1.807) is 19.2 Å². The number of methoxy groups -OCH3 is 1. The number of furan rings is 1. The average Bonchev–Trinajstić information content (AvgIpc) is 3.39. The number of aromatic nitrogens is 4. The Morgan fingerprint density at radius 3 is 2.75 bits per heavy atom. The average molecular weight is 413 g/mol. The second-order valence-electron chi connectivity index (χ2n) is 6.72. The number of hydrogen-bond donors (Lipinski definition) is 0. The highest BCUT2D eigenvalue weighted by Crippen LogP contribution is 2.26. The van der Waals surface area contributed by atoms with E-state index in [1.165, 1.54) is 6.26 Å². The summed E-state index contributed by atoms with van der Waals surface area (Å²) in [4.78, 5) is 16.7. The molecule has 0 saturated carbocycles. The summed E-state index contributed by atoms with van der Waals surface area (Å²) in [5, 5.41) is 12.3. The number of amides is 1. The van der Waals surface area contributed by atoms with Crippen molar-refractivity contribution in [3.05, 3.63) is 30.0 Å². The molecule has 2 aromatic heterocycles. The minimum absolute atomic E-state index is 0. The fourth-order valence-corrected chi connectivity index (χ4v) is 3.45. The van der Waals surface area contributed by atoms with Gasteiger partial charge >= 0.3 is 0 Å². The number of halogens is 1. The molecule has 0 aromatic carbocycles. The minimum atomic E-state index is -0.0466. The number of tetrazole rings is 1. The van der Waals surface area contributed by atoms with Gasteiger partial charge in [-0.05, 0) is 29.0 Å². The maximum atomic E-state index is 12.5. The van der Waals surface area contributed by atoms with Crippen molar-refractivity contribution in [2.75, 3.05) is 39.9 Å². The largest absolute Gasteiger partial charge is 0.459 e. The lowest BCUT2D eigenvalue weighted by atomic mass is 10.1. The number of hydrogen-bond acceptors (Lipinski definition) is 7. The summed E-state index contributed by atoms with van der Waals surface area (Å²) in [5.41, 5.74) is 0. The van der Waals surface area contributed by atoms with Crippen LogP contribution in [0.15, 0.2) is 22.8 Å². The van der Waals surface area contributed by atoms with Crippen LogP contribution in [0.3, 0.4) is 0 Å². The lowest BCUT2D eigenvalue weighted by Crippen LogP contribution is -2.50. The highest BCUT2D eigenvalue weighted by molar-refractivity contribution is 5.91. The van der Waals surface area contributed by atoms with Gasteiger partial charge in [0.2, 0.25) is 0 Å². The Hall–Kier alpha value is -1.97. The third-order valence-corrected chi connectivity index (χ3v) is 4.97. The second kappa shape index (κ2) is 11.1. The molecule has 3 heterocycles. The summed E-state index contributed by atoms with van der Waals surface area (Å²) in [6.07, 6.45) is 4.75. The molecule has 0 spiro atoms. The van der Waals surface area contributed by atoms with Crippen LogP contribution in [0.5, 0.6) is 0 Å². The van der Waals surface area contributed by atoms with Crippen molar-refractivity contribution >= 4 is 18.3 Å². The van der Waals surface area contributed by atoms with Crippen molar-refractivity contribution < 1.29 is 13.9 Å². The number of piperazine rings is 1. The highest BCUT2D eigenvalue weighted by Gasteiger charge is 2.30. The first-order valence-electron chi connectivity index (χ1n) is 9.56. The van der Waals surface area contributed by atoms with Crippen LogP contribution in [-0.4, -0.2) is 75.8 Å². The fourth-order valence-electron chi connectivity index (χ4n) is 3.45. The molecule has 1 unspecified atom stereocenters. The van der Waals surface area contributed by atoms with Gasteiger partial charge in [-0.25, -0.2) is 4.68 Å². The Bertz CT molecular complexity index is 700. The molecule has 0 aliphatic carbocycles. The van der Waals surface area contributed by atoms with Gasteiger partial charge in [-0.15, -0.1) is 17.5 Å². The van der Waals surface area contributed by atoms with Gasteiger partial charge in [0.05, 0.1) is 25.5 Å². The summed E-state index contributed by atoms with van der Waals surface area (Å²) in [7, 11) is 1.67. The molecule has 0 radical (unpaired) electrons. The zero-order chi connectivity index (χ0) is 19.1. The standard InChI is InChI=1S/C18H28N6O3.ClH/c1-3-4-6-15(17-19-20-21-24(17)12-14-26-2)22-8-10-23(11-9-22)18(25)16-7-5-13-27-16;/h5,7,13,15H,3-4,6,8-12,14H2,1-2H3;1H. The molecule has 1 aliphatic heterocycles. The van der Waals surface area contributed by atoms with E-state index in [4.69, 9.17) is 9.15 Å². The zero-order valence-electron chi connectivity index (χ0n) is 16.5. The van der Waals surface area contributed by atoms with Crippen molar-refractivity contribution in [2.45, 2.75) is 38.8 Å². The first kappa shape index (κ1) is 22.3. The molecule has 1 saturated heterocycles. The molecule has 1 atom stereocenters. The molecule has 1 fully saturated rings. The van der Waals surface area contributed by atoms with E-state index in [0.29, 0.717) is 32.0 Å². The molecule has 9 nitrogen and oxygen atoms in total. The summed E-state index contributed by atoms with van der Waals surface area (Å²) in [6, 6.07) is 3.60. The van der Waals surface area contributed by atoms with Crippen LogP contribution < -0.4 is 0 Å². The maximum Gasteiger partial charge on any atom is 0.289 e. The van der Waals surface area contributed by atoms with E-state index in [9.17, 15) is 4.79 Å². The summed E-state index contributed by atoms with van der Waals surface area (Å²) in [5.74, 6) is 1.23. The van der Waals surface area contributed by atoms with Gasteiger partial charge in [0, 0.05) is 33.3 Å². The van der Waals surface area contributed by atoms with Crippen LogP contribution in [-0.2, 0) is 11.3 Å². The van der Waals surface area contributed by atoms with E-state index in [0.717, 1.165) is 38.2 Å². The zero-order valence-corrected chi connectivity index (χ0v) is 17.3. The first-order chi connectivity index (χ1) is 13.2. The molecular formula is C18H29ClN6O3. The van der Waals surface area contributed by atoms with Gasteiger partial charge in [-0.1, -0.05) is 19.8 Å². The van der Waals surface area contributed by atoms with E-state index >= 15 is 0 Å².